The Morgan fingerprint density at radius 3 is 2.48 bits per heavy atom. The SMILES string of the molecule is COC(=O)Cc1ccc2c(C)cc(-c3c(F)cc(S(=O)(=O)N4CC[C@H](F)C4)cc3F)nc2c1. The summed E-state index contributed by atoms with van der Waals surface area (Å²) in [5.74, 6) is -2.63. The molecule has 0 bridgehead atoms. The first-order valence-corrected chi connectivity index (χ1v) is 11.6. The van der Waals surface area contributed by atoms with Crippen LogP contribution in [0.1, 0.15) is 17.5 Å². The van der Waals surface area contributed by atoms with Crippen molar-refractivity contribution in [3.63, 3.8) is 0 Å². The lowest BCUT2D eigenvalue weighted by Gasteiger charge is -2.16. The van der Waals surface area contributed by atoms with Crippen molar-refractivity contribution in [3.8, 4) is 11.3 Å². The molecule has 0 N–H and O–H groups in total. The highest BCUT2D eigenvalue weighted by Gasteiger charge is 2.33. The number of sulfonamides is 1. The number of pyridine rings is 1. The Hall–Kier alpha value is -2.98. The minimum Gasteiger partial charge on any atom is -0.469 e. The van der Waals surface area contributed by atoms with E-state index in [1.807, 2.05) is 0 Å². The fraction of sp³-hybridized carbons (Fsp3) is 0.304. The van der Waals surface area contributed by atoms with Gasteiger partial charge in [0, 0.05) is 18.5 Å². The van der Waals surface area contributed by atoms with Gasteiger partial charge in [0.15, 0.2) is 0 Å². The second-order valence-corrected chi connectivity index (χ2v) is 9.88. The number of alkyl halides is 1. The van der Waals surface area contributed by atoms with Crippen molar-refractivity contribution in [1.29, 1.82) is 0 Å². The topological polar surface area (TPSA) is 76.6 Å². The first kappa shape index (κ1) is 23.2. The summed E-state index contributed by atoms with van der Waals surface area (Å²) in [6, 6.07) is 8.11. The first-order valence-electron chi connectivity index (χ1n) is 10.2. The number of nitrogens with zero attached hydrogens (tertiary/aromatic N) is 2. The van der Waals surface area contributed by atoms with Crippen molar-refractivity contribution >= 4 is 26.9 Å². The molecule has 2 heterocycles. The molecule has 1 aliphatic heterocycles. The van der Waals surface area contributed by atoms with Gasteiger partial charge in [-0.3, -0.25) is 4.79 Å². The molecule has 0 amide bonds. The largest absolute Gasteiger partial charge is 0.469 e. The van der Waals surface area contributed by atoms with Crippen LogP contribution >= 0.6 is 0 Å². The van der Waals surface area contributed by atoms with Crippen LogP contribution in [0.15, 0.2) is 41.3 Å². The molecule has 33 heavy (non-hydrogen) atoms. The van der Waals surface area contributed by atoms with Crippen LogP contribution in [0.5, 0.6) is 0 Å². The number of hydrogen-bond donors (Lipinski definition) is 0. The smallest absolute Gasteiger partial charge is 0.309 e. The minimum atomic E-state index is -4.23. The van der Waals surface area contributed by atoms with Gasteiger partial charge >= 0.3 is 5.97 Å². The fourth-order valence-electron chi connectivity index (χ4n) is 3.92. The molecule has 1 fully saturated rings. The normalized spacial score (nSPS) is 16.9. The molecule has 10 heteroatoms. The van der Waals surface area contributed by atoms with Crippen molar-refractivity contribution < 1.29 is 31.1 Å². The lowest BCUT2D eigenvalue weighted by atomic mass is 10.0. The molecule has 0 aliphatic carbocycles. The lowest BCUT2D eigenvalue weighted by Crippen LogP contribution is -2.29. The van der Waals surface area contributed by atoms with E-state index in [-0.39, 0.29) is 31.6 Å². The number of fused-ring (bicyclic) bond motifs is 1. The molecule has 6 nitrogen and oxygen atoms in total. The summed E-state index contributed by atoms with van der Waals surface area (Å²) < 4.78 is 74.4. The van der Waals surface area contributed by atoms with E-state index in [9.17, 15) is 17.6 Å². The van der Waals surface area contributed by atoms with Crippen LogP contribution in [0.25, 0.3) is 22.2 Å². The van der Waals surface area contributed by atoms with E-state index in [1.54, 1.807) is 25.1 Å². The minimum absolute atomic E-state index is 0.0147. The Morgan fingerprint density at radius 1 is 1.18 bits per heavy atom. The molecule has 1 saturated heterocycles. The second kappa shape index (κ2) is 8.75. The Balaban J connectivity index is 1.77. The number of hydrogen-bond acceptors (Lipinski definition) is 5. The van der Waals surface area contributed by atoms with Crippen LogP contribution in [0.2, 0.25) is 0 Å². The Morgan fingerprint density at radius 2 is 1.88 bits per heavy atom. The van der Waals surface area contributed by atoms with E-state index in [4.69, 9.17) is 0 Å². The van der Waals surface area contributed by atoms with Gasteiger partial charge in [-0.25, -0.2) is 26.6 Å². The number of aromatic nitrogens is 1. The van der Waals surface area contributed by atoms with Gasteiger partial charge < -0.3 is 4.74 Å². The predicted octanol–water partition coefficient (Wildman–Crippen LogP) is 3.94. The first-order chi connectivity index (χ1) is 15.6. The van der Waals surface area contributed by atoms with Crippen molar-refractivity contribution in [1.82, 2.24) is 9.29 Å². The molecule has 1 aromatic heterocycles. The summed E-state index contributed by atoms with van der Waals surface area (Å²) in [7, 11) is -2.95. The van der Waals surface area contributed by atoms with Crippen molar-refractivity contribution in [2.75, 3.05) is 20.2 Å². The molecular weight excluding hydrogens is 457 g/mol. The molecule has 3 aromatic rings. The number of aryl methyl sites for hydroxylation is 1. The third kappa shape index (κ3) is 4.45. The van der Waals surface area contributed by atoms with Crippen LogP contribution in [-0.2, 0) is 26.0 Å². The van der Waals surface area contributed by atoms with E-state index >= 15 is 8.78 Å². The van der Waals surface area contributed by atoms with Crippen molar-refractivity contribution in [2.24, 2.45) is 0 Å². The predicted molar refractivity (Wildman–Crippen MR) is 116 cm³/mol. The Labute approximate surface area is 189 Å². The standard InChI is InChI=1S/C23H21F3N2O4S/c1-13-7-21(27-20-8-14(3-4-17(13)20)9-22(29)32-2)23-18(25)10-16(11-19(23)26)33(30,31)28-6-5-15(24)12-28/h3-4,7-8,10-11,15H,5-6,9,12H2,1-2H3/t15-/m0/s1. The van der Waals surface area contributed by atoms with Gasteiger partial charge in [-0.2, -0.15) is 4.31 Å². The van der Waals surface area contributed by atoms with Crippen LogP contribution < -0.4 is 0 Å². The molecular formula is C23H21F3N2O4S. The van der Waals surface area contributed by atoms with Crippen LogP contribution in [-0.4, -0.2) is 50.0 Å². The maximum absolute atomic E-state index is 15.0. The number of esters is 1. The van der Waals surface area contributed by atoms with Crippen LogP contribution in [0.3, 0.4) is 0 Å². The molecule has 1 aliphatic rings. The van der Waals surface area contributed by atoms with E-state index in [1.165, 1.54) is 13.2 Å². The zero-order valence-corrected chi connectivity index (χ0v) is 18.8. The lowest BCUT2D eigenvalue weighted by molar-refractivity contribution is -0.139. The average Bonchev–Trinajstić information content (AvgIpc) is 3.20. The summed E-state index contributed by atoms with van der Waals surface area (Å²) in [5.41, 5.74) is 1.26. The highest BCUT2D eigenvalue weighted by atomic mass is 32.2. The van der Waals surface area contributed by atoms with Gasteiger partial charge in [-0.15, -0.1) is 0 Å². The summed E-state index contributed by atoms with van der Waals surface area (Å²) in [4.78, 5) is 15.4. The number of carbonyl (C=O) groups is 1. The fourth-order valence-corrected chi connectivity index (χ4v) is 5.43. The van der Waals surface area contributed by atoms with Gasteiger partial charge in [-0.05, 0) is 48.7 Å². The molecule has 0 unspecified atom stereocenters. The van der Waals surface area contributed by atoms with Crippen molar-refractivity contribution in [3.05, 3.63) is 59.2 Å². The van der Waals surface area contributed by atoms with E-state index in [2.05, 4.69) is 9.72 Å². The molecule has 0 spiro atoms. The molecule has 0 radical (unpaired) electrons. The summed E-state index contributed by atoms with van der Waals surface area (Å²) in [6.07, 6.45) is -1.24. The molecule has 1 atom stereocenters. The molecule has 174 valence electrons. The number of rotatable bonds is 5. The van der Waals surface area contributed by atoms with Crippen LogP contribution in [0.4, 0.5) is 13.2 Å². The molecule has 4 rings (SSSR count). The summed E-state index contributed by atoms with van der Waals surface area (Å²) in [6.45, 7) is 1.36. The monoisotopic (exact) mass is 478 g/mol. The van der Waals surface area contributed by atoms with E-state index in [0.29, 0.717) is 16.6 Å². The second-order valence-electron chi connectivity index (χ2n) is 7.94. The van der Waals surface area contributed by atoms with Crippen molar-refractivity contribution in [2.45, 2.75) is 30.8 Å². The van der Waals surface area contributed by atoms with E-state index < -0.39 is 44.3 Å². The third-order valence-electron chi connectivity index (χ3n) is 5.66. The maximum atomic E-state index is 15.0. The third-order valence-corrected chi connectivity index (χ3v) is 7.50. The Bertz CT molecular complexity index is 1340. The van der Waals surface area contributed by atoms with Gasteiger partial charge in [0.1, 0.15) is 17.8 Å². The maximum Gasteiger partial charge on any atom is 0.309 e. The summed E-state index contributed by atoms with van der Waals surface area (Å²) >= 11 is 0. The number of halogens is 3. The zero-order valence-electron chi connectivity index (χ0n) is 17.9. The molecule has 2 aromatic carbocycles. The molecule has 0 saturated carbocycles. The number of benzene rings is 2. The Kier molecular flexibility index (Phi) is 6.15. The zero-order chi connectivity index (χ0) is 23.9. The number of methoxy groups -OCH3 is 1. The average molecular weight is 478 g/mol. The summed E-state index contributed by atoms with van der Waals surface area (Å²) in [5, 5.41) is 0.738. The highest BCUT2D eigenvalue weighted by molar-refractivity contribution is 7.89. The van der Waals surface area contributed by atoms with Crippen LogP contribution in [0, 0.1) is 18.6 Å². The number of carbonyl (C=O) groups excluding carboxylic acids is 1. The van der Waals surface area contributed by atoms with Gasteiger partial charge in [0.25, 0.3) is 0 Å². The van der Waals surface area contributed by atoms with Gasteiger partial charge in [-0.1, -0.05) is 12.1 Å². The van der Waals surface area contributed by atoms with Gasteiger partial charge in [0.05, 0.1) is 35.2 Å². The highest BCUT2D eigenvalue weighted by Crippen LogP contribution is 2.32. The number of ether oxygens (including phenoxy) is 1. The van der Waals surface area contributed by atoms with Gasteiger partial charge in [0.2, 0.25) is 10.0 Å². The van der Waals surface area contributed by atoms with E-state index in [0.717, 1.165) is 21.8 Å². The quantitative estimate of drug-likeness (QED) is 0.520.